The average molecular weight is 448 g/mol. The first-order valence-corrected chi connectivity index (χ1v) is 10.1. The molecule has 0 radical (unpaired) electrons. The Morgan fingerprint density at radius 3 is 2.52 bits per heavy atom. The summed E-state index contributed by atoms with van der Waals surface area (Å²) in [5.74, 6) is 0.522. The van der Waals surface area contributed by atoms with Gasteiger partial charge in [-0.25, -0.2) is 13.4 Å². The molecule has 27 heavy (non-hydrogen) atoms. The second kappa shape index (κ2) is 7.55. The number of rotatable bonds is 5. The molecule has 0 fully saturated rings. The van der Waals surface area contributed by atoms with Crippen molar-refractivity contribution in [2.45, 2.75) is 11.8 Å². The summed E-state index contributed by atoms with van der Waals surface area (Å²) < 4.78 is 34.7. The summed E-state index contributed by atoms with van der Waals surface area (Å²) in [6.45, 7) is 1.71. The van der Waals surface area contributed by atoms with Gasteiger partial charge in [0.2, 0.25) is 0 Å². The van der Waals surface area contributed by atoms with Gasteiger partial charge >= 0.3 is 0 Å². The van der Waals surface area contributed by atoms with Crippen molar-refractivity contribution in [2.24, 2.45) is 0 Å². The minimum atomic E-state index is -4.03. The topological polar surface area (TPSA) is 86.1 Å². The Morgan fingerprint density at radius 2 is 1.85 bits per heavy atom. The number of ether oxygens (including phenoxy) is 1. The third-order valence-corrected chi connectivity index (χ3v) is 5.57. The van der Waals surface area contributed by atoms with Gasteiger partial charge in [-0.1, -0.05) is 34.8 Å². The van der Waals surface area contributed by atoms with Crippen LogP contribution >= 0.6 is 34.8 Å². The molecule has 0 bridgehead atoms. The van der Waals surface area contributed by atoms with E-state index >= 15 is 0 Å². The van der Waals surface area contributed by atoms with E-state index in [2.05, 4.69) is 14.8 Å². The molecule has 11 heteroatoms. The molecular formula is C16H13Cl3N4O3S. The van der Waals surface area contributed by atoms with Gasteiger partial charge in [0, 0.05) is 17.3 Å². The molecule has 0 aliphatic heterocycles. The van der Waals surface area contributed by atoms with Crippen molar-refractivity contribution in [1.29, 1.82) is 0 Å². The van der Waals surface area contributed by atoms with Crippen molar-refractivity contribution in [1.82, 2.24) is 14.8 Å². The quantitative estimate of drug-likeness (QED) is 0.628. The summed E-state index contributed by atoms with van der Waals surface area (Å²) in [6, 6.07) is 7.33. The number of pyridine rings is 1. The summed E-state index contributed by atoms with van der Waals surface area (Å²) in [5.41, 5.74) is 0.554. The second-order valence-electron chi connectivity index (χ2n) is 5.44. The first-order valence-electron chi connectivity index (χ1n) is 7.45. The van der Waals surface area contributed by atoms with Gasteiger partial charge in [0.15, 0.2) is 5.82 Å². The molecule has 0 spiro atoms. The van der Waals surface area contributed by atoms with E-state index < -0.39 is 10.0 Å². The number of halogens is 3. The summed E-state index contributed by atoms with van der Waals surface area (Å²) in [6.07, 6.45) is 1.39. The zero-order valence-electron chi connectivity index (χ0n) is 14.1. The number of aromatic nitrogens is 3. The van der Waals surface area contributed by atoms with Gasteiger partial charge in [0.1, 0.15) is 16.5 Å². The number of aryl methyl sites for hydroxylation is 1. The standard InChI is InChI=1S/C16H13Cl3N4O3S/c1-9-5-15(23(21-9)16-12(19)6-11(18)8-20-16)22-27(24,25)14-7-10(17)3-4-13(14)26-2/h3-8,22H,1-2H3. The van der Waals surface area contributed by atoms with Gasteiger partial charge in [-0.15, -0.1) is 0 Å². The molecule has 3 aromatic rings. The highest BCUT2D eigenvalue weighted by molar-refractivity contribution is 7.92. The SMILES string of the molecule is COc1ccc(Cl)cc1S(=O)(=O)Nc1cc(C)nn1-c1ncc(Cl)cc1Cl. The molecule has 0 saturated carbocycles. The van der Waals surface area contributed by atoms with E-state index in [0.717, 1.165) is 0 Å². The molecular weight excluding hydrogens is 435 g/mol. The van der Waals surface area contributed by atoms with Gasteiger partial charge < -0.3 is 4.74 Å². The van der Waals surface area contributed by atoms with E-state index in [0.29, 0.717) is 10.7 Å². The molecule has 2 heterocycles. The zero-order chi connectivity index (χ0) is 19.8. The lowest BCUT2D eigenvalue weighted by atomic mass is 10.3. The number of hydrogen-bond donors (Lipinski definition) is 1. The van der Waals surface area contributed by atoms with Gasteiger partial charge in [0.25, 0.3) is 10.0 Å². The lowest BCUT2D eigenvalue weighted by molar-refractivity contribution is 0.403. The number of nitrogens with one attached hydrogen (secondary N) is 1. The number of sulfonamides is 1. The minimum absolute atomic E-state index is 0.113. The Hall–Kier alpha value is -2.00. The first kappa shape index (κ1) is 19.8. The molecule has 7 nitrogen and oxygen atoms in total. The maximum absolute atomic E-state index is 12.9. The number of methoxy groups -OCH3 is 1. The minimum Gasteiger partial charge on any atom is -0.495 e. The number of nitrogens with zero attached hydrogens (tertiary/aromatic N) is 3. The maximum atomic E-state index is 12.9. The third kappa shape index (κ3) is 4.14. The van der Waals surface area contributed by atoms with Crippen molar-refractivity contribution >= 4 is 50.6 Å². The van der Waals surface area contributed by atoms with E-state index in [1.54, 1.807) is 13.0 Å². The van der Waals surface area contributed by atoms with Crippen molar-refractivity contribution in [2.75, 3.05) is 11.8 Å². The molecule has 0 amide bonds. The molecule has 0 atom stereocenters. The lowest BCUT2D eigenvalue weighted by Gasteiger charge is -2.13. The van der Waals surface area contributed by atoms with Crippen LogP contribution in [0.15, 0.2) is 41.4 Å². The Kier molecular flexibility index (Phi) is 5.53. The van der Waals surface area contributed by atoms with Crippen molar-refractivity contribution in [3.8, 4) is 11.6 Å². The highest BCUT2D eigenvalue weighted by Gasteiger charge is 2.23. The third-order valence-electron chi connectivity index (χ3n) is 3.47. The van der Waals surface area contributed by atoms with E-state index in [1.807, 2.05) is 0 Å². The molecule has 1 aromatic carbocycles. The van der Waals surface area contributed by atoms with Gasteiger partial charge in [-0.3, -0.25) is 4.72 Å². The van der Waals surface area contributed by atoms with Gasteiger partial charge in [-0.05, 0) is 31.2 Å². The van der Waals surface area contributed by atoms with Crippen LogP contribution in [-0.4, -0.2) is 30.3 Å². The van der Waals surface area contributed by atoms with Crippen LogP contribution < -0.4 is 9.46 Å². The smallest absolute Gasteiger partial charge is 0.266 e. The fourth-order valence-electron chi connectivity index (χ4n) is 2.35. The average Bonchev–Trinajstić information content (AvgIpc) is 2.94. The monoisotopic (exact) mass is 446 g/mol. The van der Waals surface area contributed by atoms with Crippen LogP contribution in [0.5, 0.6) is 5.75 Å². The molecule has 0 aliphatic carbocycles. The summed E-state index contributed by atoms with van der Waals surface area (Å²) in [5, 5.41) is 5.06. The molecule has 2 aromatic heterocycles. The highest BCUT2D eigenvalue weighted by Crippen LogP contribution is 2.30. The van der Waals surface area contributed by atoms with E-state index in [1.165, 1.54) is 42.3 Å². The van der Waals surface area contributed by atoms with Crippen LogP contribution in [0.3, 0.4) is 0 Å². The lowest BCUT2D eigenvalue weighted by Crippen LogP contribution is -2.17. The summed E-state index contributed by atoms with van der Waals surface area (Å²) in [4.78, 5) is 4.02. The van der Waals surface area contributed by atoms with Crippen LogP contribution in [0, 0.1) is 6.92 Å². The van der Waals surface area contributed by atoms with Crippen LogP contribution in [0.2, 0.25) is 15.1 Å². The van der Waals surface area contributed by atoms with Crippen molar-refractivity contribution < 1.29 is 13.2 Å². The molecule has 0 aliphatic rings. The number of hydrogen-bond acceptors (Lipinski definition) is 5. The van der Waals surface area contributed by atoms with Crippen LogP contribution in [-0.2, 0) is 10.0 Å². The van der Waals surface area contributed by atoms with Crippen LogP contribution in [0.4, 0.5) is 5.82 Å². The summed E-state index contributed by atoms with van der Waals surface area (Å²) >= 11 is 18.0. The predicted octanol–water partition coefficient (Wildman–Crippen LogP) is 4.35. The predicted molar refractivity (Wildman–Crippen MR) is 105 cm³/mol. The number of benzene rings is 1. The maximum Gasteiger partial charge on any atom is 0.266 e. The van der Waals surface area contributed by atoms with E-state index in [4.69, 9.17) is 39.5 Å². The Labute approximate surface area is 170 Å². The van der Waals surface area contributed by atoms with E-state index in [-0.39, 0.29) is 32.3 Å². The van der Waals surface area contributed by atoms with E-state index in [9.17, 15) is 8.42 Å². The molecule has 0 unspecified atom stereocenters. The fraction of sp³-hybridized carbons (Fsp3) is 0.125. The highest BCUT2D eigenvalue weighted by atomic mass is 35.5. The van der Waals surface area contributed by atoms with Crippen LogP contribution in [0.1, 0.15) is 5.69 Å². The van der Waals surface area contributed by atoms with Crippen LogP contribution in [0.25, 0.3) is 5.82 Å². The first-order chi connectivity index (χ1) is 12.7. The largest absolute Gasteiger partial charge is 0.495 e. The Bertz CT molecular complexity index is 1120. The van der Waals surface area contributed by atoms with Crippen molar-refractivity contribution in [3.63, 3.8) is 0 Å². The molecule has 1 N–H and O–H groups in total. The Morgan fingerprint density at radius 1 is 1.11 bits per heavy atom. The molecule has 142 valence electrons. The molecule has 0 saturated heterocycles. The van der Waals surface area contributed by atoms with Gasteiger partial charge in [-0.2, -0.15) is 9.78 Å². The second-order valence-corrected chi connectivity index (χ2v) is 8.37. The molecule has 3 rings (SSSR count). The number of anilines is 1. The zero-order valence-corrected chi connectivity index (χ0v) is 17.2. The normalized spacial score (nSPS) is 11.4. The Balaban J connectivity index is 2.08. The van der Waals surface area contributed by atoms with Crippen molar-refractivity contribution in [3.05, 3.63) is 57.3 Å². The van der Waals surface area contributed by atoms with Gasteiger partial charge in [0.05, 0.1) is 22.8 Å². The summed E-state index contributed by atoms with van der Waals surface area (Å²) in [7, 11) is -2.66. The fourth-order valence-corrected chi connectivity index (χ4v) is 4.28.